The lowest BCUT2D eigenvalue weighted by Crippen LogP contribution is -2.36. The number of carbonyl (C=O) groups is 1. The summed E-state index contributed by atoms with van der Waals surface area (Å²) in [5.74, 6) is 0.702. The van der Waals surface area contributed by atoms with Crippen LogP contribution in [0.1, 0.15) is 20.3 Å². The Labute approximate surface area is 118 Å². The fraction of sp³-hybridized carbons (Fsp3) is 0.312. The van der Waals surface area contributed by atoms with Gasteiger partial charge in [0.2, 0.25) is 0 Å². The average Bonchev–Trinajstić information content (AvgIpc) is 2.44. The minimum atomic E-state index is -0.545. The Bertz CT molecular complexity index is 610. The first-order chi connectivity index (χ1) is 9.60. The number of fused-ring (bicyclic) bond motifs is 1. The molecule has 0 bridgehead atoms. The van der Waals surface area contributed by atoms with Gasteiger partial charge in [-0.3, -0.25) is 4.79 Å². The number of benzene rings is 2. The van der Waals surface area contributed by atoms with E-state index in [9.17, 15) is 9.90 Å². The van der Waals surface area contributed by atoms with Crippen LogP contribution in [0.3, 0.4) is 0 Å². The molecule has 0 aliphatic heterocycles. The van der Waals surface area contributed by atoms with Gasteiger partial charge in [-0.05, 0) is 48.4 Å². The van der Waals surface area contributed by atoms with Gasteiger partial charge in [0.25, 0.3) is 5.91 Å². The minimum Gasteiger partial charge on any atom is -0.508 e. The third-order valence-corrected chi connectivity index (χ3v) is 3.03. The monoisotopic (exact) mass is 273 g/mol. The van der Waals surface area contributed by atoms with Gasteiger partial charge >= 0.3 is 0 Å². The lowest BCUT2D eigenvalue weighted by Gasteiger charge is -2.15. The van der Waals surface area contributed by atoms with Gasteiger partial charge in [-0.2, -0.15) is 0 Å². The van der Waals surface area contributed by atoms with Crippen LogP contribution in [0.4, 0.5) is 0 Å². The van der Waals surface area contributed by atoms with Crippen LogP contribution >= 0.6 is 0 Å². The van der Waals surface area contributed by atoms with E-state index >= 15 is 0 Å². The van der Waals surface area contributed by atoms with Crippen molar-refractivity contribution in [1.29, 1.82) is 0 Å². The largest absolute Gasteiger partial charge is 0.508 e. The molecule has 4 nitrogen and oxygen atoms in total. The van der Waals surface area contributed by atoms with Crippen molar-refractivity contribution >= 4 is 16.7 Å². The van der Waals surface area contributed by atoms with E-state index in [0.717, 1.165) is 17.2 Å². The van der Waals surface area contributed by atoms with Gasteiger partial charge in [-0.25, -0.2) is 0 Å². The molecule has 106 valence electrons. The highest BCUT2D eigenvalue weighted by molar-refractivity contribution is 5.85. The lowest BCUT2D eigenvalue weighted by molar-refractivity contribution is -0.127. The normalized spacial score (nSPS) is 12.1. The summed E-state index contributed by atoms with van der Waals surface area (Å²) in [6.07, 6.45) is 0.351. The number of hydrogen-bond donors (Lipinski definition) is 2. The Morgan fingerprint density at radius 3 is 2.75 bits per heavy atom. The molecule has 2 rings (SSSR count). The smallest absolute Gasteiger partial charge is 0.260 e. The number of phenolic OH excluding ortho intramolecular Hbond substituents is 1. The molecule has 0 heterocycles. The lowest BCUT2D eigenvalue weighted by atomic mass is 10.1. The van der Waals surface area contributed by atoms with E-state index in [4.69, 9.17) is 4.74 Å². The Morgan fingerprint density at radius 2 is 2.00 bits per heavy atom. The van der Waals surface area contributed by atoms with Crippen LogP contribution in [-0.2, 0) is 4.79 Å². The van der Waals surface area contributed by atoms with Crippen LogP contribution in [-0.4, -0.2) is 23.7 Å². The van der Waals surface area contributed by atoms with Gasteiger partial charge in [-0.1, -0.05) is 19.1 Å². The highest BCUT2D eigenvalue weighted by Crippen LogP contribution is 2.24. The number of amides is 1. The second-order valence-electron chi connectivity index (χ2n) is 4.74. The zero-order chi connectivity index (χ0) is 14.5. The molecule has 0 spiro atoms. The number of carbonyl (C=O) groups excluding carboxylic acids is 1. The molecule has 2 aromatic rings. The molecule has 0 aliphatic carbocycles. The average molecular weight is 273 g/mol. The first-order valence-electron chi connectivity index (χ1n) is 6.77. The van der Waals surface area contributed by atoms with Gasteiger partial charge < -0.3 is 15.2 Å². The Balaban J connectivity index is 2.11. The molecule has 0 aromatic heterocycles. The highest BCUT2D eigenvalue weighted by Gasteiger charge is 2.13. The van der Waals surface area contributed by atoms with Crippen LogP contribution in [0.5, 0.6) is 11.5 Å². The number of nitrogens with one attached hydrogen (secondary N) is 1. The third-order valence-electron chi connectivity index (χ3n) is 3.03. The SMILES string of the molecule is CCCNC(=O)C(C)Oc1ccc2ccc(O)cc2c1. The van der Waals surface area contributed by atoms with Gasteiger partial charge in [0, 0.05) is 6.54 Å². The van der Waals surface area contributed by atoms with Crippen molar-refractivity contribution in [1.82, 2.24) is 5.32 Å². The zero-order valence-electron chi connectivity index (χ0n) is 11.7. The Hall–Kier alpha value is -2.23. The van der Waals surface area contributed by atoms with E-state index in [1.807, 2.05) is 31.2 Å². The second-order valence-corrected chi connectivity index (χ2v) is 4.74. The van der Waals surface area contributed by atoms with Gasteiger partial charge in [-0.15, -0.1) is 0 Å². The summed E-state index contributed by atoms with van der Waals surface area (Å²) in [6, 6.07) is 10.7. The summed E-state index contributed by atoms with van der Waals surface area (Å²) in [7, 11) is 0. The van der Waals surface area contributed by atoms with E-state index < -0.39 is 6.10 Å². The van der Waals surface area contributed by atoms with E-state index in [2.05, 4.69) is 5.32 Å². The van der Waals surface area contributed by atoms with E-state index in [1.165, 1.54) is 0 Å². The van der Waals surface area contributed by atoms with Gasteiger partial charge in [0.1, 0.15) is 11.5 Å². The molecule has 0 fully saturated rings. The fourth-order valence-electron chi connectivity index (χ4n) is 1.94. The summed E-state index contributed by atoms with van der Waals surface area (Å²) in [5, 5.41) is 14.2. The molecule has 1 amide bonds. The molecule has 2 aromatic carbocycles. The Kier molecular flexibility index (Phi) is 4.45. The Morgan fingerprint density at radius 1 is 1.25 bits per heavy atom. The molecule has 0 saturated carbocycles. The number of ether oxygens (including phenoxy) is 1. The maximum atomic E-state index is 11.7. The molecule has 0 radical (unpaired) electrons. The summed E-state index contributed by atoms with van der Waals surface area (Å²) in [6.45, 7) is 4.37. The molecule has 0 saturated heterocycles. The van der Waals surface area contributed by atoms with Crippen molar-refractivity contribution in [3.05, 3.63) is 36.4 Å². The predicted octanol–water partition coefficient (Wildman–Crippen LogP) is 2.84. The number of aromatic hydroxyl groups is 1. The third kappa shape index (κ3) is 3.41. The quantitative estimate of drug-likeness (QED) is 0.880. The molecule has 2 N–H and O–H groups in total. The van der Waals surface area contributed by atoms with E-state index in [1.54, 1.807) is 19.1 Å². The summed E-state index contributed by atoms with van der Waals surface area (Å²) in [4.78, 5) is 11.7. The van der Waals surface area contributed by atoms with Crippen LogP contribution < -0.4 is 10.1 Å². The topological polar surface area (TPSA) is 58.6 Å². The molecule has 1 atom stereocenters. The maximum Gasteiger partial charge on any atom is 0.260 e. The first kappa shape index (κ1) is 14.2. The van der Waals surface area contributed by atoms with E-state index in [-0.39, 0.29) is 11.7 Å². The van der Waals surface area contributed by atoms with Gasteiger partial charge in [0.15, 0.2) is 6.10 Å². The summed E-state index contributed by atoms with van der Waals surface area (Å²) >= 11 is 0. The van der Waals surface area contributed by atoms with Crippen molar-refractivity contribution in [2.24, 2.45) is 0 Å². The van der Waals surface area contributed by atoms with Crippen molar-refractivity contribution in [3.8, 4) is 11.5 Å². The van der Waals surface area contributed by atoms with Crippen molar-refractivity contribution in [2.75, 3.05) is 6.54 Å². The van der Waals surface area contributed by atoms with Crippen LogP contribution in [0.2, 0.25) is 0 Å². The van der Waals surface area contributed by atoms with Crippen molar-refractivity contribution < 1.29 is 14.6 Å². The molecule has 0 aliphatic rings. The van der Waals surface area contributed by atoms with Crippen LogP contribution in [0.15, 0.2) is 36.4 Å². The molecule has 4 heteroatoms. The highest BCUT2D eigenvalue weighted by atomic mass is 16.5. The number of hydrogen-bond acceptors (Lipinski definition) is 3. The van der Waals surface area contributed by atoms with Crippen molar-refractivity contribution in [3.63, 3.8) is 0 Å². The standard InChI is InChI=1S/C16H19NO3/c1-3-8-17-16(19)11(2)20-15-7-5-12-4-6-14(18)9-13(12)10-15/h4-7,9-11,18H,3,8H2,1-2H3,(H,17,19). The maximum absolute atomic E-state index is 11.7. The number of phenols is 1. The van der Waals surface area contributed by atoms with Crippen LogP contribution in [0, 0.1) is 0 Å². The molecule has 1 unspecified atom stereocenters. The zero-order valence-corrected chi connectivity index (χ0v) is 11.7. The number of rotatable bonds is 5. The summed E-state index contributed by atoms with van der Waals surface area (Å²) < 4.78 is 5.63. The van der Waals surface area contributed by atoms with Crippen molar-refractivity contribution in [2.45, 2.75) is 26.4 Å². The molecule has 20 heavy (non-hydrogen) atoms. The molecular weight excluding hydrogens is 254 g/mol. The fourth-order valence-corrected chi connectivity index (χ4v) is 1.94. The van der Waals surface area contributed by atoms with Crippen LogP contribution in [0.25, 0.3) is 10.8 Å². The first-order valence-corrected chi connectivity index (χ1v) is 6.77. The summed E-state index contributed by atoms with van der Waals surface area (Å²) in [5.41, 5.74) is 0. The molecular formula is C16H19NO3. The van der Waals surface area contributed by atoms with E-state index in [0.29, 0.717) is 12.3 Å². The predicted molar refractivity (Wildman–Crippen MR) is 79.0 cm³/mol. The van der Waals surface area contributed by atoms with Gasteiger partial charge in [0.05, 0.1) is 0 Å². The second kappa shape index (κ2) is 6.28. The minimum absolute atomic E-state index is 0.122.